The standard InChI is InChI=1S/C26H32FN5O4/c1-36-26(35)32-13-4-12-30(15-16-32)23-8-7-20(25(34)31-11-3-9-28-10-14-31)18-22(23)29-24(33)19-5-2-6-21(27)17-19/h2,5-8,17-18,28H,3-4,9-16H2,1H3,(H,29,33). The van der Waals surface area contributed by atoms with E-state index in [0.29, 0.717) is 56.9 Å². The molecule has 2 aliphatic rings. The van der Waals surface area contributed by atoms with Gasteiger partial charge in [0, 0.05) is 56.9 Å². The van der Waals surface area contributed by atoms with Gasteiger partial charge in [0.15, 0.2) is 0 Å². The number of amides is 3. The molecule has 0 aromatic heterocycles. The molecule has 10 heteroatoms. The van der Waals surface area contributed by atoms with E-state index < -0.39 is 11.7 Å². The Hall–Kier alpha value is -3.66. The number of carbonyl (C=O) groups is 3. The molecule has 2 saturated heterocycles. The van der Waals surface area contributed by atoms with E-state index in [9.17, 15) is 18.8 Å². The fourth-order valence-corrected chi connectivity index (χ4v) is 4.57. The van der Waals surface area contributed by atoms with E-state index >= 15 is 0 Å². The van der Waals surface area contributed by atoms with Gasteiger partial charge < -0.3 is 30.1 Å². The SMILES string of the molecule is COC(=O)N1CCCN(c2ccc(C(=O)N3CCCNCC3)cc2NC(=O)c2cccc(F)c2)CC1. The molecule has 0 unspecified atom stereocenters. The van der Waals surface area contributed by atoms with Gasteiger partial charge in [0.05, 0.1) is 18.5 Å². The van der Waals surface area contributed by atoms with Gasteiger partial charge >= 0.3 is 6.09 Å². The van der Waals surface area contributed by atoms with Gasteiger partial charge in [0.2, 0.25) is 0 Å². The minimum atomic E-state index is -0.503. The zero-order valence-electron chi connectivity index (χ0n) is 20.5. The first-order valence-corrected chi connectivity index (χ1v) is 12.2. The molecule has 0 saturated carbocycles. The summed E-state index contributed by atoms with van der Waals surface area (Å²) < 4.78 is 18.6. The molecule has 36 heavy (non-hydrogen) atoms. The summed E-state index contributed by atoms with van der Waals surface area (Å²) in [5, 5.41) is 6.18. The van der Waals surface area contributed by atoms with Gasteiger partial charge in [-0.1, -0.05) is 6.07 Å². The Morgan fingerprint density at radius 1 is 0.889 bits per heavy atom. The van der Waals surface area contributed by atoms with Crippen molar-refractivity contribution >= 4 is 29.3 Å². The number of methoxy groups -OCH3 is 1. The predicted octanol–water partition coefficient (Wildman–Crippen LogP) is 2.79. The van der Waals surface area contributed by atoms with E-state index in [-0.39, 0.29) is 17.6 Å². The number of nitrogens with one attached hydrogen (secondary N) is 2. The first-order valence-electron chi connectivity index (χ1n) is 12.2. The molecule has 192 valence electrons. The van der Waals surface area contributed by atoms with Gasteiger partial charge in [-0.05, 0) is 55.8 Å². The van der Waals surface area contributed by atoms with E-state index in [1.807, 2.05) is 11.0 Å². The number of benzene rings is 2. The molecule has 0 radical (unpaired) electrons. The van der Waals surface area contributed by atoms with Crippen LogP contribution in [0.3, 0.4) is 0 Å². The highest BCUT2D eigenvalue weighted by Gasteiger charge is 2.24. The molecule has 0 bridgehead atoms. The second-order valence-corrected chi connectivity index (χ2v) is 8.89. The Balaban J connectivity index is 1.62. The number of halogens is 1. The van der Waals surface area contributed by atoms with Crippen LogP contribution in [0.2, 0.25) is 0 Å². The number of hydrogen-bond acceptors (Lipinski definition) is 6. The highest BCUT2D eigenvalue weighted by atomic mass is 19.1. The molecule has 2 heterocycles. The molecule has 2 N–H and O–H groups in total. The van der Waals surface area contributed by atoms with Crippen LogP contribution in [0.5, 0.6) is 0 Å². The van der Waals surface area contributed by atoms with E-state index in [0.717, 1.165) is 25.2 Å². The van der Waals surface area contributed by atoms with Crippen LogP contribution >= 0.6 is 0 Å². The Morgan fingerprint density at radius 2 is 1.72 bits per heavy atom. The van der Waals surface area contributed by atoms with Crippen molar-refractivity contribution in [1.29, 1.82) is 0 Å². The van der Waals surface area contributed by atoms with Crippen LogP contribution in [-0.4, -0.2) is 87.2 Å². The Kier molecular flexibility index (Phi) is 8.37. The lowest BCUT2D eigenvalue weighted by Gasteiger charge is -2.27. The Bertz CT molecular complexity index is 1100. The lowest BCUT2D eigenvalue weighted by Crippen LogP contribution is -2.35. The fraction of sp³-hybridized carbons (Fsp3) is 0.423. The summed E-state index contributed by atoms with van der Waals surface area (Å²) in [4.78, 5) is 43.8. The first kappa shape index (κ1) is 25.4. The number of carbonyl (C=O) groups excluding carboxylic acids is 3. The Labute approximate surface area is 210 Å². The minimum absolute atomic E-state index is 0.0979. The Morgan fingerprint density at radius 3 is 2.53 bits per heavy atom. The monoisotopic (exact) mass is 497 g/mol. The summed E-state index contributed by atoms with van der Waals surface area (Å²) in [6.45, 7) is 5.09. The van der Waals surface area contributed by atoms with Crippen molar-refractivity contribution in [2.45, 2.75) is 12.8 Å². The molecular formula is C26H32FN5O4. The molecule has 0 aliphatic carbocycles. The average molecular weight is 498 g/mol. The third-order valence-electron chi connectivity index (χ3n) is 6.48. The summed E-state index contributed by atoms with van der Waals surface area (Å²) >= 11 is 0. The van der Waals surface area contributed by atoms with Crippen molar-refractivity contribution in [2.24, 2.45) is 0 Å². The van der Waals surface area contributed by atoms with Crippen molar-refractivity contribution in [2.75, 3.05) is 69.7 Å². The van der Waals surface area contributed by atoms with Gasteiger partial charge in [-0.3, -0.25) is 9.59 Å². The average Bonchev–Trinajstić information content (AvgIpc) is 3.31. The normalized spacial score (nSPS) is 16.7. The second-order valence-electron chi connectivity index (χ2n) is 8.89. The van der Waals surface area contributed by atoms with E-state index in [2.05, 4.69) is 15.5 Å². The maximum absolute atomic E-state index is 13.7. The fourth-order valence-electron chi connectivity index (χ4n) is 4.57. The van der Waals surface area contributed by atoms with E-state index in [1.165, 1.54) is 31.4 Å². The summed E-state index contributed by atoms with van der Waals surface area (Å²) in [5.41, 5.74) is 1.86. The van der Waals surface area contributed by atoms with Crippen molar-refractivity contribution in [3.63, 3.8) is 0 Å². The summed E-state index contributed by atoms with van der Waals surface area (Å²) in [7, 11) is 1.36. The largest absolute Gasteiger partial charge is 0.453 e. The molecule has 2 aromatic carbocycles. The topological polar surface area (TPSA) is 94.2 Å². The molecule has 9 nitrogen and oxygen atoms in total. The molecule has 0 spiro atoms. The van der Waals surface area contributed by atoms with Crippen molar-refractivity contribution in [3.05, 3.63) is 59.4 Å². The summed E-state index contributed by atoms with van der Waals surface area (Å²) in [6.07, 6.45) is 1.22. The zero-order valence-corrected chi connectivity index (χ0v) is 20.5. The minimum Gasteiger partial charge on any atom is -0.453 e. The van der Waals surface area contributed by atoms with Crippen LogP contribution in [-0.2, 0) is 4.74 Å². The van der Waals surface area contributed by atoms with Crippen LogP contribution in [0, 0.1) is 5.82 Å². The van der Waals surface area contributed by atoms with Gasteiger partial charge in [-0.2, -0.15) is 0 Å². The van der Waals surface area contributed by atoms with Gasteiger partial charge in [-0.15, -0.1) is 0 Å². The second kappa shape index (κ2) is 11.9. The molecular weight excluding hydrogens is 465 g/mol. The number of anilines is 2. The van der Waals surface area contributed by atoms with Gasteiger partial charge in [0.1, 0.15) is 5.82 Å². The highest BCUT2D eigenvalue weighted by Crippen LogP contribution is 2.30. The lowest BCUT2D eigenvalue weighted by molar-refractivity contribution is 0.0766. The summed E-state index contributed by atoms with van der Waals surface area (Å²) in [6, 6.07) is 10.8. The molecule has 2 aromatic rings. The third kappa shape index (κ3) is 6.12. The highest BCUT2D eigenvalue weighted by molar-refractivity contribution is 6.07. The summed E-state index contributed by atoms with van der Waals surface area (Å²) in [5.74, 6) is -1.07. The smallest absolute Gasteiger partial charge is 0.409 e. The van der Waals surface area contributed by atoms with Crippen LogP contribution in [0.25, 0.3) is 0 Å². The van der Waals surface area contributed by atoms with Crippen LogP contribution in [0.4, 0.5) is 20.6 Å². The van der Waals surface area contributed by atoms with E-state index in [4.69, 9.17) is 4.74 Å². The zero-order chi connectivity index (χ0) is 25.5. The molecule has 2 fully saturated rings. The maximum atomic E-state index is 13.7. The van der Waals surface area contributed by atoms with Crippen LogP contribution < -0.4 is 15.5 Å². The molecule has 2 aliphatic heterocycles. The first-order chi connectivity index (χ1) is 17.5. The van der Waals surface area contributed by atoms with Crippen LogP contribution in [0.15, 0.2) is 42.5 Å². The quantitative estimate of drug-likeness (QED) is 0.675. The van der Waals surface area contributed by atoms with Gasteiger partial charge in [-0.25, -0.2) is 9.18 Å². The molecule has 4 rings (SSSR count). The number of hydrogen-bond donors (Lipinski definition) is 2. The number of nitrogens with zero attached hydrogens (tertiary/aromatic N) is 3. The number of rotatable bonds is 4. The lowest BCUT2D eigenvalue weighted by atomic mass is 10.1. The van der Waals surface area contributed by atoms with Crippen molar-refractivity contribution in [1.82, 2.24) is 15.1 Å². The maximum Gasteiger partial charge on any atom is 0.409 e. The van der Waals surface area contributed by atoms with E-state index in [1.54, 1.807) is 17.0 Å². The predicted molar refractivity (Wildman–Crippen MR) is 135 cm³/mol. The molecule has 3 amide bonds. The van der Waals surface area contributed by atoms with Crippen LogP contribution in [0.1, 0.15) is 33.6 Å². The number of ether oxygens (including phenoxy) is 1. The van der Waals surface area contributed by atoms with Crippen molar-refractivity contribution in [3.8, 4) is 0 Å². The van der Waals surface area contributed by atoms with Crippen molar-refractivity contribution < 1.29 is 23.5 Å². The van der Waals surface area contributed by atoms with Gasteiger partial charge in [0.25, 0.3) is 11.8 Å². The third-order valence-corrected chi connectivity index (χ3v) is 6.48. The molecule has 0 atom stereocenters.